The summed E-state index contributed by atoms with van der Waals surface area (Å²) in [7, 11) is 0. The minimum atomic E-state index is -0.868. The first-order valence-corrected chi connectivity index (χ1v) is 6.44. The van der Waals surface area contributed by atoms with Crippen molar-refractivity contribution in [2.45, 2.75) is 52.4 Å². The van der Waals surface area contributed by atoms with E-state index in [9.17, 15) is 10.1 Å². The van der Waals surface area contributed by atoms with Crippen molar-refractivity contribution < 1.29 is 9.63 Å². The number of hydroxylamine groups is 1. The van der Waals surface area contributed by atoms with Crippen LogP contribution in [0.4, 0.5) is 0 Å². The second kappa shape index (κ2) is 6.61. The van der Waals surface area contributed by atoms with E-state index in [0.29, 0.717) is 25.4 Å². The first-order chi connectivity index (χ1) is 8.10. The zero-order valence-corrected chi connectivity index (χ0v) is 10.8. The molecule has 0 aliphatic heterocycles. The van der Waals surface area contributed by atoms with Gasteiger partial charge in [-0.25, -0.2) is 5.48 Å². The summed E-state index contributed by atoms with van der Waals surface area (Å²) in [4.78, 5) is 17.2. The van der Waals surface area contributed by atoms with Gasteiger partial charge in [0.1, 0.15) is 5.41 Å². The normalized spacial score (nSPS) is 19.4. The van der Waals surface area contributed by atoms with E-state index in [1.807, 2.05) is 13.8 Å². The molecule has 0 spiro atoms. The summed E-state index contributed by atoms with van der Waals surface area (Å²) in [6.07, 6.45) is 5.43. The summed E-state index contributed by atoms with van der Waals surface area (Å²) in [5.74, 6) is 0.102. The molecule has 0 heterocycles. The van der Waals surface area contributed by atoms with Gasteiger partial charge in [0, 0.05) is 0 Å². The van der Waals surface area contributed by atoms with Crippen molar-refractivity contribution in [3.05, 3.63) is 0 Å². The predicted molar refractivity (Wildman–Crippen MR) is 64.7 cm³/mol. The first-order valence-electron chi connectivity index (χ1n) is 6.44. The van der Waals surface area contributed by atoms with Gasteiger partial charge in [-0.05, 0) is 18.8 Å². The number of carbonyl (C=O) groups excluding carboxylic acids is 1. The molecule has 1 amide bonds. The number of hydrogen-bond donors (Lipinski definition) is 1. The molecule has 0 atom stereocenters. The minimum absolute atomic E-state index is 0.262. The third-order valence-electron chi connectivity index (χ3n) is 3.19. The fourth-order valence-electron chi connectivity index (χ4n) is 2.09. The highest BCUT2D eigenvalue weighted by atomic mass is 16.7. The highest BCUT2D eigenvalue weighted by Crippen LogP contribution is 2.34. The summed E-state index contributed by atoms with van der Waals surface area (Å²) in [6.45, 7) is 4.50. The molecule has 1 aliphatic rings. The van der Waals surface area contributed by atoms with Crippen molar-refractivity contribution in [3.8, 4) is 6.07 Å². The standard InChI is InChI=1S/C13H22N2O2/c1-11(2)9-17-15-12(16)13(10-14)7-5-3-4-6-8-13/h11H,3-9H2,1-2H3,(H,15,16). The molecule has 4 nitrogen and oxygen atoms in total. The number of carbonyl (C=O) groups is 1. The lowest BCUT2D eigenvalue weighted by molar-refractivity contribution is -0.142. The second-order valence-electron chi connectivity index (χ2n) is 5.24. The van der Waals surface area contributed by atoms with E-state index in [-0.39, 0.29) is 5.91 Å². The van der Waals surface area contributed by atoms with E-state index >= 15 is 0 Å². The Labute approximate surface area is 103 Å². The van der Waals surface area contributed by atoms with Crippen molar-refractivity contribution in [3.63, 3.8) is 0 Å². The van der Waals surface area contributed by atoms with E-state index in [0.717, 1.165) is 25.7 Å². The van der Waals surface area contributed by atoms with E-state index in [4.69, 9.17) is 4.84 Å². The highest BCUT2D eigenvalue weighted by Gasteiger charge is 2.39. The zero-order chi connectivity index (χ0) is 12.7. The second-order valence-corrected chi connectivity index (χ2v) is 5.24. The summed E-state index contributed by atoms with van der Waals surface area (Å²) in [5, 5.41) is 9.28. The number of amides is 1. The van der Waals surface area contributed by atoms with Gasteiger partial charge in [-0.1, -0.05) is 39.5 Å². The average molecular weight is 238 g/mol. The van der Waals surface area contributed by atoms with Gasteiger partial charge in [0.15, 0.2) is 0 Å². The third kappa shape index (κ3) is 4.01. The SMILES string of the molecule is CC(C)CONC(=O)C1(C#N)CCCCCC1. The molecule has 0 aromatic rings. The zero-order valence-electron chi connectivity index (χ0n) is 10.8. The minimum Gasteiger partial charge on any atom is -0.273 e. The molecule has 17 heavy (non-hydrogen) atoms. The molecule has 0 saturated heterocycles. The molecule has 1 saturated carbocycles. The molecule has 1 rings (SSSR count). The van der Waals surface area contributed by atoms with Crippen LogP contribution >= 0.6 is 0 Å². The monoisotopic (exact) mass is 238 g/mol. The topological polar surface area (TPSA) is 62.1 Å². The Morgan fingerprint density at radius 1 is 1.35 bits per heavy atom. The van der Waals surface area contributed by atoms with Crippen LogP contribution in [0.1, 0.15) is 52.4 Å². The van der Waals surface area contributed by atoms with Crippen LogP contribution in [0.15, 0.2) is 0 Å². The lowest BCUT2D eigenvalue weighted by atomic mass is 9.81. The Morgan fingerprint density at radius 2 is 1.94 bits per heavy atom. The Balaban J connectivity index is 2.53. The van der Waals surface area contributed by atoms with Crippen molar-refractivity contribution in [1.29, 1.82) is 5.26 Å². The van der Waals surface area contributed by atoms with E-state index < -0.39 is 5.41 Å². The predicted octanol–water partition coefficient (Wildman–Crippen LogP) is 2.55. The van der Waals surface area contributed by atoms with E-state index in [2.05, 4.69) is 11.5 Å². The van der Waals surface area contributed by atoms with Crippen molar-refractivity contribution >= 4 is 5.91 Å². The molecule has 0 radical (unpaired) electrons. The fraction of sp³-hybridized carbons (Fsp3) is 0.846. The molecule has 0 unspecified atom stereocenters. The largest absolute Gasteiger partial charge is 0.273 e. The van der Waals surface area contributed by atoms with Crippen LogP contribution in [0.2, 0.25) is 0 Å². The van der Waals surface area contributed by atoms with Crippen LogP contribution in [0.25, 0.3) is 0 Å². The van der Waals surface area contributed by atoms with Crippen LogP contribution in [0.3, 0.4) is 0 Å². The Bertz CT molecular complexity index is 286. The maximum atomic E-state index is 12.0. The maximum Gasteiger partial charge on any atom is 0.263 e. The molecule has 0 aromatic carbocycles. The third-order valence-corrected chi connectivity index (χ3v) is 3.19. The number of rotatable bonds is 4. The van der Waals surface area contributed by atoms with Gasteiger partial charge in [0.2, 0.25) is 0 Å². The van der Waals surface area contributed by atoms with Crippen molar-refractivity contribution in [2.75, 3.05) is 6.61 Å². The van der Waals surface area contributed by atoms with Gasteiger partial charge in [-0.15, -0.1) is 0 Å². The Morgan fingerprint density at radius 3 is 2.41 bits per heavy atom. The number of hydrogen-bond acceptors (Lipinski definition) is 3. The summed E-state index contributed by atoms with van der Waals surface area (Å²) in [5.41, 5.74) is 1.57. The average Bonchev–Trinajstić information content (AvgIpc) is 2.54. The van der Waals surface area contributed by atoms with E-state index in [1.165, 1.54) is 0 Å². The molecular weight excluding hydrogens is 216 g/mol. The number of nitriles is 1. The first kappa shape index (κ1) is 14.0. The molecule has 96 valence electrons. The smallest absolute Gasteiger partial charge is 0.263 e. The summed E-state index contributed by atoms with van der Waals surface area (Å²) in [6, 6.07) is 2.20. The molecule has 1 fully saturated rings. The van der Waals surface area contributed by atoms with Crippen LogP contribution < -0.4 is 5.48 Å². The quantitative estimate of drug-likeness (QED) is 0.604. The van der Waals surface area contributed by atoms with Crippen LogP contribution in [-0.4, -0.2) is 12.5 Å². The van der Waals surface area contributed by atoms with Gasteiger partial charge >= 0.3 is 0 Å². The number of nitrogens with zero attached hydrogens (tertiary/aromatic N) is 1. The summed E-state index contributed by atoms with van der Waals surface area (Å²) >= 11 is 0. The lowest BCUT2D eigenvalue weighted by Crippen LogP contribution is -2.40. The van der Waals surface area contributed by atoms with E-state index in [1.54, 1.807) is 0 Å². The van der Waals surface area contributed by atoms with Crippen molar-refractivity contribution in [1.82, 2.24) is 5.48 Å². The molecular formula is C13H22N2O2. The maximum absolute atomic E-state index is 12.0. The lowest BCUT2D eigenvalue weighted by Gasteiger charge is -2.23. The van der Waals surface area contributed by atoms with Gasteiger partial charge < -0.3 is 0 Å². The summed E-state index contributed by atoms with van der Waals surface area (Å²) < 4.78 is 0. The van der Waals surface area contributed by atoms with Crippen LogP contribution in [0.5, 0.6) is 0 Å². The Hall–Kier alpha value is -1.08. The molecule has 0 bridgehead atoms. The molecule has 4 heteroatoms. The van der Waals surface area contributed by atoms with Crippen molar-refractivity contribution in [2.24, 2.45) is 11.3 Å². The molecule has 0 aromatic heterocycles. The highest BCUT2D eigenvalue weighted by molar-refractivity contribution is 5.84. The van der Waals surface area contributed by atoms with Crippen LogP contribution in [-0.2, 0) is 9.63 Å². The van der Waals surface area contributed by atoms with Gasteiger partial charge in [0.05, 0.1) is 12.7 Å². The van der Waals surface area contributed by atoms with Gasteiger partial charge in [0.25, 0.3) is 5.91 Å². The van der Waals surface area contributed by atoms with Gasteiger partial charge in [-0.2, -0.15) is 5.26 Å². The molecule has 1 aliphatic carbocycles. The Kier molecular flexibility index (Phi) is 5.43. The fourth-order valence-corrected chi connectivity index (χ4v) is 2.09. The molecule has 1 N–H and O–H groups in total. The number of nitrogens with one attached hydrogen (secondary N) is 1. The van der Waals surface area contributed by atoms with Crippen LogP contribution in [0, 0.1) is 22.7 Å². The van der Waals surface area contributed by atoms with Gasteiger partial charge in [-0.3, -0.25) is 9.63 Å².